The van der Waals surface area contributed by atoms with E-state index in [1.807, 2.05) is 0 Å². The molecule has 36 heavy (non-hydrogen) atoms. The number of allylic oxidation sites excluding steroid dienone is 3. The van der Waals surface area contributed by atoms with Crippen molar-refractivity contribution < 1.29 is 39.6 Å². The van der Waals surface area contributed by atoms with Crippen molar-refractivity contribution in [3.05, 3.63) is 52.7 Å². The van der Waals surface area contributed by atoms with Gasteiger partial charge in [0.05, 0.1) is 20.8 Å². The second kappa shape index (κ2) is 9.68. The summed E-state index contributed by atoms with van der Waals surface area (Å²) in [6, 6.07) is 3.12. The number of hydrogen-bond donors (Lipinski definition) is 1. The number of halogens is 6. The van der Waals surface area contributed by atoms with Crippen LogP contribution in [0, 0.1) is 5.92 Å². The highest BCUT2D eigenvalue weighted by Crippen LogP contribution is 2.44. The van der Waals surface area contributed by atoms with Crippen molar-refractivity contribution >= 4 is 22.0 Å². The molecule has 5 nitrogen and oxygen atoms in total. The van der Waals surface area contributed by atoms with Gasteiger partial charge in [0.25, 0.3) is 5.91 Å². The molecule has 0 bridgehead atoms. The van der Waals surface area contributed by atoms with Gasteiger partial charge >= 0.3 is 12.4 Å². The van der Waals surface area contributed by atoms with Crippen molar-refractivity contribution in [3.8, 4) is 0 Å². The van der Waals surface area contributed by atoms with Gasteiger partial charge in [0.1, 0.15) is 5.70 Å². The standard InChI is InChI=1S/C24H26F6N2O3S/c1-14-6-4-8-16(24(28,29)30)13-31-20(14)21(33)32-18-10-17(11-18)22(2,3)36(34,35)19-9-5-7-15(12-19)23(25,26)27/h5,7-9,12-13,17-18H,4,6,10-11H2,1-3H3,(H,32,33). The first-order chi connectivity index (χ1) is 16.4. The number of carbonyl (C=O) groups is 1. The second-order valence-corrected chi connectivity index (χ2v) is 12.1. The molecule has 0 aromatic heterocycles. The third kappa shape index (κ3) is 5.68. The van der Waals surface area contributed by atoms with E-state index >= 15 is 0 Å². The second-order valence-electron chi connectivity index (χ2n) is 9.55. The molecule has 3 rings (SSSR count). The maximum Gasteiger partial charge on any atom is 0.417 e. The van der Waals surface area contributed by atoms with Crippen molar-refractivity contribution in [2.45, 2.75) is 74.5 Å². The number of nitrogens with zero attached hydrogens (tertiary/aromatic N) is 1. The third-order valence-electron chi connectivity index (χ3n) is 6.78. The summed E-state index contributed by atoms with van der Waals surface area (Å²) in [7, 11) is -4.15. The molecule has 1 aliphatic carbocycles. The Morgan fingerprint density at radius 3 is 2.28 bits per heavy atom. The first-order valence-electron chi connectivity index (χ1n) is 11.2. The van der Waals surface area contributed by atoms with Crippen LogP contribution in [0.4, 0.5) is 26.3 Å². The Kier molecular flexibility index (Phi) is 7.51. The molecule has 1 saturated carbocycles. The highest BCUT2D eigenvalue weighted by molar-refractivity contribution is 7.92. The van der Waals surface area contributed by atoms with Crippen LogP contribution in [0.3, 0.4) is 0 Å². The van der Waals surface area contributed by atoms with Crippen molar-refractivity contribution in [2.75, 3.05) is 0 Å². The lowest BCUT2D eigenvalue weighted by Crippen LogP contribution is -2.53. The van der Waals surface area contributed by atoms with Gasteiger partial charge in [-0.05, 0) is 76.1 Å². The summed E-state index contributed by atoms with van der Waals surface area (Å²) >= 11 is 0. The van der Waals surface area contributed by atoms with E-state index in [1.165, 1.54) is 13.8 Å². The van der Waals surface area contributed by atoms with E-state index in [9.17, 15) is 39.6 Å². The SMILES string of the molecule is CC1=C(C(=O)NC2CC(C(C)(C)S(=O)(=O)c3cccc(C(F)(F)F)c3)C2)N=CC(C(F)(F)F)=CCC1. The van der Waals surface area contributed by atoms with Gasteiger partial charge in [-0.2, -0.15) is 26.3 Å². The molecular weight excluding hydrogens is 510 g/mol. The monoisotopic (exact) mass is 536 g/mol. The number of amides is 1. The predicted molar refractivity (Wildman–Crippen MR) is 122 cm³/mol. The molecular formula is C24H26F6N2O3S. The minimum absolute atomic E-state index is 0.0938. The van der Waals surface area contributed by atoms with Gasteiger partial charge in [-0.1, -0.05) is 12.1 Å². The van der Waals surface area contributed by atoms with Gasteiger partial charge in [-0.3, -0.25) is 9.79 Å². The normalized spacial score (nSPS) is 21.9. The molecule has 1 amide bonds. The van der Waals surface area contributed by atoms with Crippen LogP contribution in [0.1, 0.15) is 52.0 Å². The van der Waals surface area contributed by atoms with Gasteiger partial charge < -0.3 is 5.32 Å². The minimum atomic E-state index is -4.69. The van der Waals surface area contributed by atoms with Gasteiger partial charge in [0, 0.05) is 12.3 Å². The molecule has 1 aromatic rings. The Balaban J connectivity index is 1.70. The van der Waals surface area contributed by atoms with E-state index in [2.05, 4.69) is 10.3 Å². The molecule has 12 heteroatoms. The van der Waals surface area contributed by atoms with Crippen LogP contribution in [0.5, 0.6) is 0 Å². The van der Waals surface area contributed by atoms with Crippen molar-refractivity contribution in [3.63, 3.8) is 0 Å². The summed E-state index contributed by atoms with van der Waals surface area (Å²) in [6.45, 7) is 4.47. The zero-order valence-corrected chi connectivity index (χ0v) is 20.6. The van der Waals surface area contributed by atoms with Crippen LogP contribution in [0.2, 0.25) is 0 Å². The molecule has 1 fully saturated rings. The van der Waals surface area contributed by atoms with Gasteiger partial charge in [-0.15, -0.1) is 0 Å². The lowest BCUT2D eigenvalue weighted by molar-refractivity contribution is -0.137. The lowest BCUT2D eigenvalue weighted by Gasteiger charge is -2.45. The van der Waals surface area contributed by atoms with Crippen molar-refractivity contribution in [1.29, 1.82) is 0 Å². The largest absolute Gasteiger partial charge is 0.417 e. The number of sulfone groups is 1. The van der Waals surface area contributed by atoms with E-state index < -0.39 is 60.8 Å². The molecule has 0 radical (unpaired) electrons. The van der Waals surface area contributed by atoms with Gasteiger partial charge in [0.2, 0.25) is 0 Å². The molecule has 0 unspecified atom stereocenters. The summed E-state index contributed by atoms with van der Waals surface area (Å²) in [5.41, 5.74) is -1.61. The van der Waals surface area contributed by atoms with E-state index in [4.69, 9.17) is 0 Å². The number of aliphatic imine (C=N–C) groups is 1. The highest BCUT2D eigenvalue weighted by Gasteiger charge is 2.49. The van der Waals surface area contributed by atoms with Crippen LogP contribution in [0.15, 0.2) is 57.1 Å². The molecule has 198 valence electrons. The molecule has 0 spiro atoms. The zero-order valence-electron chi connectivity index (χ0n) is 19.8. The van der Waals surface area contributed by atoms with Crippen LogP contribution < -0.4 is 5.32 Å². The molecule has 2 aliphatic rings. The maximum absolute atomic E-state index is 13.2. The molecule has 0 saturated heterocycles. The Hall–Kier alpha value is -2.63. The summed E-state index contributed by atoms with van der Waals surface area (Å²) in [5, 5.41) is 2.69. The van der Waals surface area contributed by atoms with Crippen LogP contribution in [-0.4, -0.2) is 37.5 Å². The summed E-state index contributed by atoms with van der Waals surface area (Å²) < 4.78 is 103. The van der Waals surface area contributed by atoms with Crippen LogP contribution >= 0.6 is 0 Å². The Bertz CT molecular complexity index is 1220. The average molecular weight is 537 g/mol. The summed E-state index contributed by atoms with van der Waals surface area (Å²) in [5.74, 6) is -1.12. The molecule has 0 atom stereocenters. The van der Waals surface area contributed by atoms with E-state index in [0.717, 1.165) is 24.3 Å². The highest BCUT2D eigenvalue weighted by atomic mass is 32.2. The Morgan fingerprint density at radius 1 is 1.06 bits per heavy atom. The number of nitrogens with one attached hydrogen (secondary N) is 1. The van der Waals surface area contributed by atoms with E-state index in [1.54, 1.807) is 6.92 Å². The number of alkyl halides is 6. The molecule has 1 aromatic carbocycles. The maximum atomic E-state index is 13.2. The molecule has 1 aliphatic heterocycles. The third-order valence-corrected chi connectivity index (χ3v) is 9.38. The van der Waals surface area contributed by atoms with E-state index in [0.29, 0.717) is 17.9 Å². The minimum Gasteiger partial charge on any atom is -0.348 e. The van der Waals surface area contributed by atoms with Crippen molar-refractivity contribution in [1.82, 2.24) is 5.32 Å². The average Bonchev–Trinajstić information content (AvgIpc) is 2.71. The summed E-state index contributed by atoms with van der Waals surface area (Å²) in [6.07, 6.45) is -6.86. The fourth-order valence-corrected chi connectivity index (χ4v) is 6.00. The number of carbonyl (C=O) groups excluding carboxylic acids is 1. The molecule has 1 heterocycles. The number of rotatable bonds is 5. The smallest absolute Gasteiger partial charge is 0.348 e. The lowest BCUT2D eigenvalue weighted by atomic mass is 9.73. The van der Waals surface area contributed by atoms with Crippen LogP contribution in [0.25, 0.3) is 0 Å². The zero-order chi connectivity index (χ0) is 27.1. The van der Waals surface area contributed by atoms with Gasteiger partial charge in [0.15, 0.2) is 9.84 Å². The summed E-state index contributed by atoms with van der Waals surface area (Å²) in [4.78, 5) is 16.1. The Labute approximate surface area is 205 Å². The fraction of sp³-hybridized carbons (Fsp3) is 0.500. The topological polar surface area (TPSA) is 75.6 Å². The number of benzene rings is 1. The Morgan fingerprint density at radius 2 is 1.69 bits per heavy atom. The first kappa shape index (κ1) is 27.9. The van der Waals surface area contributed by atoms with Crippen LogP contribution in [-0.2, 0) is 20.8 Å². The number of hydrogen-bond acceptors (Lipinski definition) is 4. The molecule has 1 N–H and O–H groups in total. The van der Waals surface area contributed by atoms with Gasteiger partial charge in [-0.25, -0.2) is 8.42 Å². The fourth-order valence-electron chi connectivity index (χ4n) is 4.22. The van der Waals surface area contributed by atoms with Crippen molar-refractivity contribution in [2.24, 2.45) is 10.9 Å². The quantitative estimate of drug-likeness (QED) is 0.485. The first-order valence-corrected chi connectivity index (χ1v) is 12.7. The van der Waals surface area contributed by atoms with E-state index in [-0.39, 0.29) is 31.4 Å². The predicted octanol–water partition coefficient (Wildman–Crippen LogP) is 5.78.